The Morgan fingerprint density at radius 3 is 1.44 bits per heavy atom. The molecule has 0 saturated carbocycles. The predicted octanol–water partition coefficient (Wildman–Crippen LogP) is 4.50. The van der Waals surface area contributed by atoms with Crippen LogP contribution in [0.15, 0.2) is 0 Å². The topological polar surface area (TPSA) is 50.7 Å². The zero-order chi connectivity index (χ0) is 12.6. The van der Waals surface area contributed by atoms with Crippen molar-refractivity contribution in [1.82, 2.24) is 15.0 Å². The van der Waals surface area contributed by atoms with Crippen molar-refractivity contribution in [2.75, 3.05) is 12.4 Å². The third kappa shape index (κ3) is 4.42. The van der Waals surface area contributed by atoms with Gasteiger partial charge in [-0.3, -0.25) is 0 Å². The first-order valence-electron chi connectivity index (χ1n) is 3.73. The number of nitrogens with one attached hydrogen (secondary N) is 1. The van der Waals surface area contributed by atoms with Crippen LogP contribution in [0.4, 0.5) is 5.95 Å². The first kappa shape index (κ1) is 15.7. The number of hydrogen-bond acceptors (Lipinski definition) is 4. The van der Waals surface area contributed by atoms with Crippen molar-refractivity contribution in [3.05, 3.63) is 11.6 Å². The zero-order valence-electron chi connectivity index (χ0n) is 7.61. The van der Waals surface area contributed by atoms with Crippen molar-refractivity contribution in [3.63, 3.8) is 0 Å². The lowest BCUT2D eigenvalue weighted by Gasteiger charge is -2.16. The van der Waals surface area contributed by atoms with Crippen molar-refractivity contribution in [2.24, 2.45) is 0 Å². The average Bonchev–Trinajstić information content (AvgIpc) is 2.14. The third-order valence-corrected chi connectivity index (χ3v) is 3.49. The Morgan fingerprint density at radius 2 is 1.19 bits per heavy atom. The molecule has 1 heterocycles. The lowest BCUT2D eigenvalue weighted by molar-refractivity contribution is 0.890. The second kappa shape index (κ2) is 5.77. The minimum Gasteiger partial charge on any atom is -0.357 e. The molecule has 0 amide bonds. The van der Waals surface area contributed by atoms with Crippen molar-refractivity contribution >= 4 is 102 Å². The Balaban J connectivity index is 3.33. The van der Waals surface area contributed by atoms with Gasteiger partial charge in [0.25, 0.3) is 0 Å². The van der Waals surface area contributed by atoms with Crippen LogP contribution in [0.5, 0.6) is 0 Å². The summed E-state index contributed by atoms with van der Waals surface area (Å²) in [6, 6.07) is 0. The molecule has 1 rings (SSSR count). The fraction of sp³-hybridized carbons (Fsp3) is 0.500. The van der Waals surface area contributed by atoms with Gasteiger partial charge >= 0.3 is 0 Å². The summed E-state index contributed by atoms with van der Waals surface area (Å²) in [6.45, 7) is 0. The van der Waals surface area contributed by atoms with Gasteiger partial charge in [0.1, 0.15) is 0 Å². The lowest BCUT2D eigenvalue weighted by Crippen LogP contribution is -2.16. The van der Waals surface area contributed by atoms with E-state index >= 15 is 0 Å². The van der Waals surface area contributed by atoms with Crippen LogP contribution in [0.3, 0.4) is 0 Å². The molecule has 0 fully saturated rings. The van der Waals surface area contributed by atoms with Crippen LogP contribution >= 0.6 is 95.6 Å². The lowest BCUT2D eigenvalue weighted by atomic mass is 10.6. The van der Waals surface area contributed by atoms with E-state index in [4.69, 9.17) is 0 Å². The van der Waals surface area contributed by atoms with Crippen molar-refractivity contribution < 1.29 is 0 Å². The maximum Gasteiger partial charge on any atom is 0.226 e. The normalized spacial score (nSPS) is 12.7. The molecule has 1 aromatic heterocycles. The van der Waals surface area contributed by atoms with Crippen LogP contribution in [0.25, 0.3) is 0 Å². The van der Waals surface area contributed by atoms with Gasteiger partial charge in [-0.1, -0.05) is 95.6 Å². The molecule has 1 N–H and O–H groups in total. The average molecular weight is 612 g/mol. The second-order valence-electron chi connectivity index (χ2n) is 2.55. The fourth-order valence-electron chi connectivity index (χ4n) is 0.741. The van der Waals surface area contributed by atoms with Crippen molar-refractivity contribution in [1.29, 1.82) is 0 Å². The Hall–Kier alpha value is 1.69. The minimum atomic E-state index is -0.686. The van der Waals surface area contributed by atoms with E-state index in [9.17, 15) is 0 Å². The van der Waals surface area contributed by atoms with E-state index < -0.39 is 4.29 Å². The molecular weight excluding hydrogens is 608 g/mol. The number of rotatable bonds is 1. The highest BCUT2D eigenvalue weighted by Crippen LogP contribution is 2.46. The summed E-state index contributed by atoms with van der Waals surface area (Å²) in [6.07, 6.45) is 0. The van der Waals surface area contributed by atoms with Crippen LogP contribution in [0, 0.1) is 0 Å². The highest BCUT2D eigenvalue weighted by molar-refractivity contribution is 9.39. The van der Waals surface area contributed by atoms with Gasteiger partial charge in [0.2, 0.25) is 5.95 Å². The summed E-state index contributed by atoms with van der Waals surface area (Å²) < 4.78 is -1.37. The Kier molecular flexibility index (Phi) is 5.68. The number of nitrogens with zero attached hydrogens (tertiary/aromatic N) is 3. The van der Waals surface area contributed by atoms with Gasteiger partial charge in [-0.05, 0) is 0 Å². The maximum atomic E-state index is 4.28. The van der Waals surface area contributed by atoms with E-state index in [1.165, 1.54) is 0 Å². The van der Waals surface area contributed by atoms with Crippen LogP contribution < -0.4 is 5.32 Å². The van der Waals surface area contributed by atoms with Crippen LogP contribution in [-0.4, -0.2) is 22.0 Å². The van der Waals surface area contributed by atoms with Gasteiger partial charge in [0.15, 0.2) is 15.9 Å². The molecule has 0 radical (unpaired) electrons. The SMILES string of the molecule is CNc1nc(C(Br)(Br)Br)nc(C(Br)(Br)Br)n1. The van der Waals surface area contributed by atoms with Crippen LogP contribution in [-0.2, 0) is 4.29 Å². The molecule has 4 nitrogen and oxygen atoms in total. The standard InChI is InChI=1S/C6H4Br6N4/c1-13-4-15-2(5(7,8)9)14-3(16-4)6(10,11)12/h1H3,(H,13,14,15,16). The van der Waals surface area contributed by atoms with E-state index in [0.717, 1.165) is 0 Å². The Bertz CT molecular complexity index is 351. The molecule has 90 valence electrons. The molecule has 10 heteroatoms. The van der Waals surface area contributed by atoms with Gasteiger partial charge in [0.05, 0.1) is 0 Å². The molecule has 0 atom stereocenters. The quantitative estimate of drug-likeness (QED) is 0.476. The first-order valence-corrected chi connectivity index (χ1v) is 8.48. The predicted molar refractivity (Wildman–Crippen MR) is 86.3 cm³/mol. The molecule has 1 aromatic rings. The summed E-state index contributed by atoms with van der Waals surface area (Å²) in [7, 11) is 1.74. The molecular formula is C6H4Br6N4. The Morgan fingerprint density at radius 1 is 0.812 bits per heavy atom. The fourth-order valence-corrected chi connectivity index (χ4v) is 1.81. The van der Waals surface area contributed by atoms with E-state index in [0.29, 0.717) is 17.6 Å². The van der Waals surface area contributed by atoms with Gasteiger partial charge in [-0.25, -0.2) is 4.98 Å². The monoisotopic (exact) mass is 606 g/mol. The highest BCUT2D eigenvalue weighted by Gasteiger charge is 2.31. The van der Waals surface area contributed by atoms with Gasteiger partial charge in [-0.15, -0.1) is 0 Å². The molecule has 0 bridgehead atoms. The number of anilines is 1. The smallest absolute Gasteiger partial charge is 0.226 e. The number of hydrogen-bond donors (Lipinski definition) is 1. The van der Waals surface area contributed by atoms with E-state index in [2.05, 4.69) is 116 Å². The summed E-state index contributed by atoms with van der Waals surface area (Å²) in [5.74, 6) is 1.44. The molecule has 0 unspecified atom stereocenters. The summed E-state index contributed by atoms with van der Waals surface area (Å²) in [5, 5.41) is 2.86. The zero-order valence-corrected chi connectivity index (χ0v) is 17.1. The van der Waals surface area contributed by atoms with Crippen LogP contribution in [0.1, 0.15) is 11.6 Å². The third-order valence-electron chi connectivity index (χ3n) is 1.37. The van der Waals surface area contributed by atoms with E-state index in [1.54, 1.807) is 7.05 Å². The maximum absolute atomic E-state index is 4.28. The molecule has 16 heavy (non-hydrogen) atoms. The first-order chi connectivity index (χ1) is 7.14. The Labute approximate surface area is 143 Å². The number of halogens is 6. The summed E-state index contributed by atoms with van der Waals surface area (Å²) in [5.41, 5.74) is 0. The number of alkyl halides is 6. The molecule has 0 aliphatic carbocycles. The molecule has 0 saturated heterocycles. The van der Waals surface area contributed by atoms with Crippen LogP contribution in [0.2, 0.25) is 0 Å². The second-order valence-corrected chi connectivity index (χ2v) is 16.1. The molecule has 0 aliphatic heterocycles. The summed E-state index contributed by atoms with van der Waals surface area (Å²) >= 11 is 20.1. The van der Waals surface area contributed by atoms with Crippen molar-refractivity contribution in [3.8, 4) is 0 Å². The van der Waals surface area contributed by atoms with Gasteiger partial charge < -0.3 is 5.32 Å². The molecule has 0 spiro atoms. The van der Waals surface area contributed by atoms with E-state index in [1.807, 2.05) is 0 Å². The highest BCUT2D eigenvalue weighted by atomic mass is 80.0. The molecule has 0 aliphatic rings. The minimum absolute atomic E-state index is 0.463. The van der Waals surface area contributed by atoms with Gasteiger partial charge in [-0.2, -0.15) is 9.97 Å². The number of aromatic nitrogens is 3. The largest absolute Gasteiger partial charge is 0.357 e. The molecule has 0 aromatic carbocycles. The van der Waals surface area contributed by atoms with Crippen molar-refractivity contribution in [2.45, 2.75) is 4.29 Å². The summed E-state index contributed by atoms with van der Waals surface area (Å²) in [4.78, 5) is 12.7. The van der Waals surface area contributed by atoms with E-state index in [-0.39, 0.29) is 0 Å². The van der Waals surface area contributed by atoms with Gasteiger partial charge in [0, 0.05) is 7.05 Å².